The lowest BCUT2D eigenvalue weighted by Gasteiger charge is -2.03. The molecule has 1 rings (SSSR count). The summed E-state index contributed by atoms with van der Waals surface area (Å²) in [7, 11) is 1.66. The van der Waals surface area contributed by atoms with E-state index in [1.54, 1.807) is 7.11 Å². The topological polar surface area (TPSA) is 38.3 Å². The number of hydrogen-bond donors (Lipinski definition) is 1. The molecule has 1 aromatic carbocycles. The van der Waals surface area contributed by atoms with E-state index in [2.05, 4.69) is 5.32 Å². The Hall–Kier alpha value is -1.35. The van der Waals surface area contributed by atoms with Crippen LogP contribution in [0.1, 0.15) is 11.1 Å². The third kappa shape index (κ3) is 3.25. The molecule has 1 amide bonds. The predicted octanol–water partition coefficient (Wildman–Crippen LogP) is 1.08. The van der Waals surface area contributed by atoms with Crippen molar-refractivity contribution in [1.29, 1.82) is 0 Å². The molecule has 0 aliphatic carbocycles. The number of amides is 1. The van der Waals surface area contributed by atoms with Gasteiger partial charge in [-0.2, -0.15) is 0 Å². The third-order valence-electron chi connectivity index (χ3n) is 1.69. The summed E-state index contributed by atoms with van der Waals surface area (Å²) in [6.07, 6.45) is 0.697. The Bertz CT molecular complexity index is 273. The van der Waals surface area contributed by atoms with Crippen LogP contribution in [0.5, 0.6) is 0 Å². The minimum atomic E-state index is 0.570. The van der Waals surface area contributed by atoms with E-state index in [0.29, 0.717) is 19.6 Å². The highest BCUT2D eigenvalue weighted by atomic mass is 16.5. The zero-order chi connectivity index (χ0) is 9.52. The molecule has 0 unspecified atom stereocenters. The Kier molecular flexibility index (Phi) is 3.99. The number of ether oxygens (including phenoxy) is 1. The van der Waals surface area contributed by atoms with E-state index in [1.165, 1.54) is 0 Å². The van der Waals surface area contributed by atoms with Gasteiger partial charge in [-0.15, -0.1) is 0 Å². The molecule has 0 heterocycles. The van der Waals surface area contributed by atoms with Crippen LogP contribution in [-0.2, 0) is 22.7 Å². The molecule has 0 saturated heterocycles. The first kappa shape index (κ1) is 9.74. The maximum atomic E-state index is 10.1. The zero-order valence-electron chi connectivity index (χ0n) is 7.62. The first-order chi connectivity index (χ1) is 6.36. The standard InChI is InChI=1S/C10H13NO2/c1-13-7-10-4-2-3-9(5-10)6-11-8-12/h2-5,8H,6-7H2,1H3,(H,11,12). The Morgan fingerprint density at radius 3 is 2.92 bits per heavy atom. The van der Waals surface area contributed by atoms with Crippen LogP contribution in [-0.4, -0.2) is 13.5 Å². The quantitative estimate of drug-likeness (QED) is 0.687. The Balaban J connectivity index is 2.61. The average molecular weight is 179 g/mol. The summed E-state index contributed by atoms with van der Waals surface area (Å²) in [6.45, 7) is 1.18. The van der Waals surface area contributed by atoms with Gasteiger partial charge in [-0.05, 0) is 11.1 Å². The molecule has 0 bridgehead atoms. The van der Waals surface area contributed by atoms with E-state index >= 15 is 0 Å². The number of nitrogens with one attached hydrogen (secondary N) is 1. The first-order valence-electron chi connectivity index (χ1n) is 4.10. The molecule has 1 N–H and O–H groups in total. The van der Waals surface area contributed by atoms with Crippen molar-refractivity contribution in [2.75, 3.05) is 7.11 Å². The lowest BCUT2D eigenvalue weighted by molar-refractivity contribution is -0.109. The van der Waals surface area contributed by atoms with Gasteiger partial charge < -0.3 is 10.1 Å². The van der Waals surface area contributed by atoms with Gasteiger partial charge in [0.15, 0.2) is 0 Å². The number of carbonyl (C=O) groups is 1. The van der Waals surface area contributed by atoms with Gasteiger partial charge in [-0.3, -0.25) is 4.79 Å². The van der Waals surface area contributed by atoms with Gasteiger partial charge in [0.1, 0.15) is 0 Å². The second-order valence-corrected chi connectivity index (χ2v) is 2.75. The zero-order valence-corrected chi connectivity index (χ0v) is 7.62. The summed E-state index contributed by atoms with van der Waals surface area (Å²) in [5, 5.41) is 2.61. The van der Waals surface area contributed by atoms with Gasteiger partial charge >= 0.3 is 0 Å². The highest BCUT2D eigenvalue weighted by molar-refractivity contribution is 5.46. The third-order valence-corrected chi connectivity index (χ3v) is 1.69. The van der Waals surface area contributed by atoms with Crippen molar-refractivity contribution < 1.29 is 9.53 Å². The molecule has 0 aliphatic heterocycles. The number of hydrogen-bond acceptors (Lipinski definition) is 2. The van der Waals surface area contributed by atoms with E-state index < -0.39 is 0 Å². The van der Waals surface area contributed by atoms with Crippen molar-refractivity contribution in [3.05, 3.63) is 35.4 Å². The van der Waals surface area contributed by atoms with Gasteiger partial charge in [0.25, 0.3) is 0 Å². The fourth-order valence-corrected chi connectivity index (χ4v) is 1.16. The smallest absolute Gasteiger partial charge is 0.207 e. The maximum absolute atomic E-state index is 10.1. The molecule has 0 atom stereocenters. The first-order valence-corrected chi connectivity index (χ1v) is 4.10. The van der Waals surface area contributed by atoms with E-state index in [1.807, 2.05) is 24.3 Å². The largest absolute Gasteiger partial charge is 0.380 e. The Morgan fingerprint density at radius 1 is 1.46 bits per heavy atom. The molecule has 0 fully saturated rings. The van der Waals surface area contributed by atoms with E-state index in [4.69, 9.17) is 4.74 Å². The summed E-state index contributed by atoms with van der Waals surface area (Å²) in [4.78, 5) is 10.1. The summed E-state index contributed by atoms with van der Waals surface area (Å²) in [5.41, 5.74) is 2.20. The van der Waals surface area contributed by atoms with Gasteiger partial charge in [0.2, 0.25) is 6.41 Å². The fraction of sp³-hybridized carbons (Fsp3) is 0.300. The fourth-order valence-electron chi connectivity index (χ4n) is 1.16. The van der Waals surface area contributed by atoms with Crippen LogP contribution in [0.4, 0.5) is 0 Å². The molecule has 70 valence electrons. The molecule has 13 heavy (non-hydrogen) atoms. The lowest BCUT2D eigenvalue weighted by Crippen LogP contribution is -2.09. The van der Waals surface area contributed by atoms with Crippen molar-refractivity contribution in [3.8, 4) is 0 Å². The molecule has 3 heteroatoms. The van der Waals surface area contributed by atoms with Crippen LogP contribution in [0.2, 0.25) is 0 Å². The van der Waals surface area contributed by atoms with E-state index in [-0.39, 0.29) is 0 Å². The molecule has 1 aromatic rings. The number of benzene rings is 1. The molecule has 0 saturated carbocycles. The molecule has 0 aromatic heterocycles. The second kappa shape index (κ2) is 5.32. The Morgan fingerprint density at radius 2 is 2.23 bits per heavy atom. The minimum Gasteiger partial charge on any atom is -0.380 e. The van der Waals surface area contributed by atoms with Crippen molar-refractivity contribution in [2.45, 2.75) is 13.2 Å². The lowest BCUT2D eigenvalue weighted by atomic mass is 10.1. The van der Waals surface area contributed by atoms with Crippen LogP contribution >= 0.6 is 0 Å². The number of rotatable bonds is 5. The molecule has 3 nitrogen and oxygen atoms in total. The van der Waals surface area contributed by atoms with Crippen molar-refractivity contribution in [1.82, 2.24) is 5.32 Å². The summed E-state index contributed by atoms with van der Waals surface area (Å²) in [5.74, 6) is 0. The highest BCUT2D eigenvalue weighted by Crippen LogP contribution is 2.05. The summed E-state index contributed by atoms with van der Waals surface area (Å²) in [6, 6.07) is 7.93. The van der Waals surface area contributed by atoms with Crippen molar-refractivity contribution >= 4 is 6.41 Å². The van der Waals surface area contributed by atoms with Gasteiger partial charge in [0, 0.05) is 13.7 Å². The van der Waals surface area contributed by atoms with E-state index in [9.17, 15) is 4.79 Å². The molecular formula is C10H13NO2. The second-order valence-electron chi connectivity index (χ2n) is 2.75. The minimum absolute atomic E-state index is 0.570. The summed E-state index contributed by atoms with van der Waals surface area (Å²) >= 11 is 0. The summed E-state index contributed by atoms with van der Waals surface area (Å²) < 4.78 is 5.00. The van der Waals surface area contributed by atoms with E-state index in [0.717, 1.165) is 11.1 Å². The van der Waals surface area contributed by atoms with Gasteiger partial charge in [0.05, 0.1) is 6.61 Å². The van der Waals surface area contributed by atoms with Crippen LogP contribution < -0.4 is 5.32 Å². The van der Waals surface area contributed by atoms with Crippen LogP contribution in [0, 0.1) is 0 Å². The SMILES string of the molecule is COCc1cccc(CNC=O)c1. The molecule has 0 aliphatic rings. The predicted molar refractivity (Wildman–Crippen MR) is 50.1 cm³/mol. The normalized spacial score (nSPS) is 9.62. The van der Waals surface area contributed by atoms with Gasteiger partial charge in [-0.1, -0.05) is 24.3 Å². The monoisotopic (exact) mass is 179 g/mol. The number of carbonyl (C=O) groups excluding carboxylic acids is 1. The van der Waals surface area contributed by atoms with Gasteiger partial charge in [-0.25, -0.2) is 0 Å². The molecule has 0 spiro atoms. The van der Waals surface area contributed by atoms with Crippen molar-refractivity contribution in [2.24, 2.45) is 0 Å². The maximum Gasteiger partial charge on any atom is 0.207 e. The van der Waals surface area contributed by atoms with Crippen LogP contribution in [0.15, 0.2) is 24.3 Å². The molecule has 0 radical (unpaired) electrons. The Labute approximate surface area is 77.7 Å². The average Bonchev–Trinajstić information content (AvgIpc) is 2.16. The number of methoxy groups -OCH3 is 1. The van der Waals surface area contributed by atoms with Crippen LogP contribution in [0.25, 0.3) is 0 Å². The molecular weight excluding hydrogens is 166 g/mol. The van der Waals surface area contributed by atoms with Crippen molar-refractivity contribution in [3.63, 3.8) is 0 Å². The highest BCUT2D eigenvalue weighted by Gasteiger charge is 1.94. The van der Waals surface area contributed by atoms with Crippen LogP contribution in [0.3, 0.4) is 0 Å².